The Morgan fingerprint density at radius 1 is 0.687 bits per heavy atom. The van der Waals surface area contributed by atoms with Crippen molar-refractivity contribution in [1.29, 1.82) is 0 Å². The van der Waals surface area contributed by atoms with Crippen LogP contribution in [0.1, 0.15) is 66.6 Å². The number of carbonyl (C=O) groups excluding carboxylic acids is 3. The molecule has 0 spiro atoms. The third-order valence-corrected chi connectivity index (χ3v) is 18.2. The number of hydrogen-bond donors (Lipinski definition) is 3. The van der Waals surface area contributed by atoms with E-state index in [1.54, 1.807) is 36.4 Å². The third-order valence-electron chi connectivity index (χ3n) is 14.8. The second-order valence-electron chi connectivity index (χ2n) is 20.0. The molecule has 3 N–H and O–H groups in total. The first-order chi connectivity index (χ1) is 39.0. The molecule has 1 saturated heterocycles. The van der Waals surface area contributed by atoms with Crippen molar-refractivity contribution < 1.29 is 94.6 Å². The zero-order chi connectivity index (χ0) is 60.6. The summed E-state index contributed by atoms with van der Waals surface area (Å²) >= 11 is 0. The van der Waals surface area contributed by atoms with Gasteiger partial charge in [0.25, 0.3) is 42.2 Å². The Bertz CT molecular complexity index is 4170. The Labute approximate surface area is 479 Å². The van der Waals surface area contributed by atoms with Gasteiger partial charge in [0.05, 0.1) is 27.4 Å². The van der Waals surface area contributed by atoms with Crippen molar-refractivity contribution in [3.8, 4) is 11.8 Å². The molecule has 8 rings (SSSR count). The number of ether oxygens (including phenoxy) is 4. The molecule has 3 aliphatic heterocycles. The van der Waals surface area contributed by atoms with Crippen molar-refractivity contribution in [3.05, 3.63) is 131 Å². The number of carbonyl (C=O) groups is 3. The summed E-state index contributed by atoms with van der Waals surface area (Å²) in [7, 11) is -14.7. The molecular weight excluding hydrogens is 1160 g/mol. The summed E-state index contributed by atoms with van der Waals surface area (Å²) < 4.78 is 170. The van der Waals surface area contributed by atoms with Gasteiger partial charge in [-0.3, -0.25) is 23.2 Å². The molecule has 0 aromatic heterocycles. The van der Waals surface area contributed by atoms with Crippen LogP contribution in [0, 0.1) is 11.8 Å². The Kier molecular flexibility index (Phi) is 17.9. The number of amides is 2. The van der Waals surface area contributed by atoms with Crippen LogP contribution in [0.2, 0.25) is 0 Å². The van der Waals surface area contributed by atoms with Gasteiger partial charge in [-0.25, -0.2) is 13.2 Å². The van der Waals surface area contributed by atoms with Crippen molar-refractivity contribution in [2.45, 2.75) is 69.9 Å². The van der Waals surface area contributed by atoms with Crippen LogP contribution in [-0.4, -0.2) is 153 Å². The first-order valence-electron chi connectivity index (χ1n) is 25.3. The van der Waals surface area contributed by atoms with Gasteiger partial charge in [-0.15, -0.1) is 5.06 Å². The van der Waals surface area contributed by atoms with Crippen molar-refractivity contribution in [2.75, 3.05) is 72.9 Å². The molecule has 440 valence electrons. The highest BCUT2D eigenvalue weighted by Crippen LogP contribution is 2.54. The molecule has 27 heteroatoms. The Balaban J connectivity index is 1.37. The number of anilines is 1. The van der Waals surface area contributed by atoms with E-state index in [2.05, 4.69) is 11.8 Å². The lowest BCUT2D eigenvalue weighted by Gasteiger charge is -2.30. The minimum absolute atomic E-state index is 0.00409. The summed E-state index contributed by atoms with van der Waals surface area (Å²) in [6, 6.07) is 15.3. The minimum Gasteiger partial charge on any atom is -0.744 e. The summed E-state index contributed by atoms with van der Waals surface area (Å²) in [5.41, 5.74) is 1.11. The van der Waals surface area contributed by atoms with Crippen LogP contribution in [0.5, 0.6) is 0 Å². The third kappa shape index (κ3) is 12.5. The van der Waals surface area contributed by atoms with Gasteiger partial charge in [-0.2, -0.15) is 29.8 Å². The van der Waals surface area contributed by atoms with Crippen LogP contribution in [0.3, 0.4) is 0 Å². The van der Waals surface area contributed by atoms with E-state index in [-0.39, 0.29) is 92.3 Å². The largest absolute Gasteiger partial charge is 0.744 e. The maximum atomic E-state index is 13.0. The van der Waals surface area contributed by atoms with E-state index in [9.17, 15) is 66.3 Å². The molecule has 1 fully saturated rings. The van der Waals surface area contributed by atoms with E-state index in [1.807, 2.05) is 23.3 Å². The van der Waals surface area contributed by atoms with Crippen molar-refractivity contribution in [2.24, 2.45) is 0 Å². The van der Waals surface area contributed by atoms with Gasteiger partial charge < -0.3 is 33.2 Å². The maximum absolute atomic E-state index is 13.0. The van der Waals surface area contributed by atoms with Crippen LogP contribution in [-0.2, 0) is 84.7 Å². The number of hydroxylamine groups is 2. The lowest BCUT2D eigenvalue weighted by Crippen LogP contribution is -2.33. The molecule has 23 nitrogen and oxygen atoms in total. The van der Waals surface area contributed by atoms with Crippen LogP contribution in [0.25, 0.3) is 21.5 Å². The van der Waals surface area contributed by atoms with E-state index in [0.717, 1.165) is 12.1 Å². The number of hydrogen-bond acceptors (Lipinski definition) is 18. The van der Waals surface area contributed by atoms with Crippen molar-refractivity contribution in [3.63, 3.8) is 0 Å². The maximum Gasteiger partial charge on any atom is 0.363 e. The van der Waals surface area contributed by atoms with Crippen LogP contribution < -0.4 is 4.90 Å². The van der Waals surface area contributed by atoms with Crippen LogP contribution in [0.15, 0.2) is 128 Å². The van der Waals surface area contributed by atoms with Crippen molar-refractivity contribution >= 4 is 96.9 Å². The number of imide groups is 1. The quantitative estimate of drug-likeness (QED) is 0.0258. The average molecular weight is 1220 g/mol. The second kappa shape index (κ2) is 23.9. The Morgan fingerprint density at radius 2 is 1.24 bits per heavy atom. The minimum atomic E-state index is -5.30. The Morgan fingerprint density at radius 3 is 1.81 bits per heavy atom. The summed E-state index contributed by atoms with van der Waals surface area (Å²) in [4.78, 5) is 41.1. The first kappa shape index (κ1) is 62.0. The van der Waals surface area contributed by atoms with E-state index in [0.29, 0.717) is 62.2 Å². The number of fused-ring (bicyclic) bond motifs is 6. The summed E-state index contributed by atoms with van der Waals surface area (Å²) in [6.45, 7) is 4.47. The van der Waals surface area contributed by atoms with E-state index in [4.69, 9.17) is 23.8 Å². The molecule has 3 heterocycles. The summed E-state index contributed by atoms with van der Waals surface area (Å²) in [6.07, 6.45) is 6.99. The van der Waals surface area contributed by atoms with Gasteiger partial charge >= 0.3 is 5.97 Å². The van der Waals surface area contributed by atoms with Crippen molar-refractivity contribution in [1.82, 2.24) is 5.06 Å². The monoisotopic (exact) mass is 1220 g/mol. The lowest BCUT2D eigenvalue weighted by molar-refractivity contribution is -0.441. The molecule has 83 heavy (non-hydrogen) atoms. The highest BCUT2D eigenvalue weighted by atomic mass is 32.2. The normalized spacial score (nSPS) is 19.2. The fourth-order valence-electron chi connectivity index (χ4n) is 10.8. The predicted octanol–water partition coefficient (Wildman–Crippen LogP) is 5.78. The number of allylic oxidation sites excluding steroid dienone is 6. The zero-order valence-corrected chi connectivity index (χ0v) is 48.8. The molecule has 2 unspecified atom stereocenters. The fraction of sp³-hybridized carbons (Fsp3) is 0.321. The molecular formula is C56H57N3O20S4. The fourth-order valence-corrected chi connectivity index (χ4v) is 13.5. The molecule has 0 bridgehead atoms. The molecule has 0 saturated carbocycles. The Hall–Kier alpha value is -7.04. The molecule has 3 aliphatic rings. The highest BCUT2D eigenvalue weighted by Gasteiger charge is 2.50. The van der Waals surface area contributed by atoms with Gasteiger partial charge in [0, 0.05) is 117 Å². The van der Waals surface area contributed by atoms with Crippen LogP contribution >= 0.6 is 0 Å². The molecule has 2 atom stereocenters. The number of methoxy groups -OCH3 is 4. The smallest absolute Gasteiger partial charge is 0.363 e. The second-order valence-corrected chi connectivity index (χ2v) is 25.5. The van der Waals surface area contributed by atoms with Gasteiger partial charge in [0.1, 0.15) is 26.5 Å². The molecule has 0 aliphatic carbocycles. The zero-order valence-electron chi connectivity index (χ0n) is 45.6. The topological polar surface area (TPSA) is 327 Å². The van der Waals surface area contributed by atoms with Crippen LogP contribution in [0.4, 0.5) is 11.4 Å². The molecule has 5 aromatic carbocycles. The lowest BCUT2D eigenvalue weighted by atomic mass is 9.74. The molecule has 2 amide bonds. The molecule has 5 aromatic rings. The van der Waals surface area contributed by atoms with Gasteiger partial charge in [0.2, 0.25) is 5.69 Å². The van der Waals surface area contributed by atoms with E-state index >= 15 is 0 Å². The van der Waals surface area contributed by atoms with Gasteiger partial charge in [-0.05, 0) is 122 Å². The average Bonchev–Trinajstić information content (AvgIpc) is 3.95. The van der Waals surface area contributed by atoms with E-state index in [1.165, 1.54) is 64.8 Å². The highest BCUT2D eigenvalue weighted by molar-refractivity contribution is 7.87. The standard InChI is InChI=1S/C56H57N3O20S4/c1-55(23-27-75-3)48(57(25-29-77-5)44-17-15-40-42(52(44)55)31-38(80(63,64)65)33-46(40)82(69,70)71)19-11-36(8-7-35-9-13-37(14-10-35)54(62)79-59-50(60)21-22-51(59)61)12-20-49-56(2,24-28-76-4)53-43-32-39(81(66,67)68)34-47(83(72,73)74)41(43)16-18-45(53)58(49)26-30-78-6/h9-20,31-34H,21-30H2,1-6H3,(H3-,63,64,65,66,67,68,69,70,71,72,73,74). The molecule has 0 radical (unpaired) electrons. The van der Waals surface area contributed by atoms with E-state index < -0.39 is 88.7 Å². The number of benzene rings is 5. The number of nitrogens with zero attached hydrogens (tertiary/aromatic N) is 3. The van der Waals surface area contributed by atoms with Gasteiger partial charge in [-0.1, -0.05) is 17.9 Å². The van der Waals surface area contributed by atoms with Gasteiger partial charge in [0.15, 0.2) is 12.3 Å². The summed E-state index contributed by atoms with van der Waals surface area (Å²) in [5, 5.41) is 0.418. The SMILES string of the molecule is COCCN1/C(=C/C=C(C#Cc2ccc(C(=O)ON3C(=O)CCC3=O)cc2)/C=C/C2=[N+](CCOC)c3ccc4c(S(=O)(=O)O)cc(S(=O)(=O)O)cc4c3C2(C)CCOC)C(C)(CCOC)c2c1ccc1c(S(=O)(=O)O)cc(S(=O)(=O)[O-])cc21. The summed E-state index contributed by atoms with van der Waals surface area (Å²) in [5.74, 6) is 4.00. The first-order valence-corrected chi connectivity index (χ1v) is 31.0. The predicted molar refractivity (Wildman–Crippen MR) is 299 cm³/mol. The number of rotatable bonds is 21.